The van der Waals surface area contributed by atoms with Crippen molar-refractivity contribution in [2.75, 3.05) is 14.2 Å². The van der Waals surface area contributed by atoms with E-state index in [1.165, 1.54) is 11.8 Å². The summed E-state index contributed by atoms with van der Waals surface area (Å²) in [5, 5.41) is 9.65. The van der Waals surface area contributed by atoms with Crippen molar-refractivity contribution in [3.05, 3.63) is 46.1 Å². The number of aromatic nitrogens is 1. The van der Waals surface area contributed by atoms with E-state index < -0.39 is 5.97 Å². The van der Waals surface area contributed by atoms with Gasteiger partial charge in [-0.05, 0) is 34.1 Å². The van der Waals surface area contributed by atoms with Crippen molar-refractivity contribution in [2.24, 2.45) is 0 Å². The van der Waals surface area contributed by atoms with Crippen LogP contribution in [0, 0.1) is 0 Å². The van der Waals surface area contributed by atoms with E-state index in [4.69, 9.17) is 9.47 Å². The Bertz CT molecular complexity index is 693. The first-order valence-corrected chi connectivity index (χ1v) is 8.06. The molecule has 0 saturated carbocycles. The number of carboxylic acid groups (broad SMARTS) is 1. The highest BCUT2D eigenvalue weighted by molar-refractivity contribution is 9.10. The van der Waals surface area contributed by atoms with Gasteiger partial charge in [-0.25, -0.2) is 9.78 Å². The summed E-state index contributed by atoms with van der Waals surface area (Å²) < 4.78 is 11.4. The molecule has 0 spiro atoms. The fourth-order valence-electron chi connectivity index (χ4n) is 1.85. The van der Waals surface area contributed by atoms with E-state index in [2.05, 4.69) is 20.9 Å². The van der Waals surface area contributed by atoms with Crippen LogP contribution in [0.25, 0.3) is 0 Å². The summed E-state index contributed by atoms with van der Waals surface area (Å²) >= 11 is 4.78. The van der Waals surface area contributed by atoms with E-state index >= 15 is 0 Å². The van der Waals surface area contributed by atoms with E-state index in [1.807, 2.05) is 6.07 Å². The van der Waals surface area contributed by atoms with Crippen LogP contribution in [0.5, 0.6) is 11.5 Å². The van der Waals surface area contributed by atoms with Crippen LogP contribution in [0.2, 0.25) is 0 Å². The number of aromatic carboxylic acids is 1. The molecule has 22 heavy (non-hydrogen) atoms. The van der Waals surface area contributed by atoms with Gasteiger partial charge in [-0.1, -0.05) is 0 Å². The van der Waals surface area contributed by atoms with Crippen LogP contribution in [0.4, 0.5) is 0 Å². The molecule has 0 bridgehead atoms. The van der Waals surface area contributed by atoms with Gasteiger partial charge in [0.15, 0.2) is 0 Å². The van der Waals surface area contributed by atoms with E-state index in [9.17, 15) is 9.90 Å². The molecular formula is C15H14BrNO4S. The molecule has 0 aliphatic heterocycles. The number of benzene rings is 1. The van der Waals surface area contributed by atoms with Crippen molar-refractivity contribution in [1.29, 1.82) is 0 Å². The Labute approximate surface area is 140 Å². The third kappa shape index (κ3) is 3.72. The van der Waals surface area contributed by atoms with Gasteiger partial charge < -0.3 is 14.6 Å². The lowest BCUT2D eigenvalue weighted by Crippen LogP contribution is -2.00. The second kappa shape index (κ2) is 7.51. The number of hydrogen-bond acceptors (Lipinski definition) is 5. The van der Waals surface area contributed by atoms with Crippen LogP contribution in [-0.2, 0) is 5.75 Å². The molecule has 0 aliphatic carbocycles. The number of pyridine rings is 1. The summed E-state index contributed by atoms with van der Waals surface area (Å²) in [6, 6.07) is 6.83. The molecule has 0 aliphatic rings. The number of methoxy groups -OCH3 is 2. The fourth-order valence-corrected chi connectivity index (χ4v) is 3.37. The Morgan fingerprint density at radius 1 is 1.32 bits per heavy atom. The van der Waals surface area contributed by atoms with Crippen LogP contribution < -0.4 is 9.47 Å². The predicted molar refractivity (Wildman–Crippen MR) is 88.0 cm³/mol. The van der Waals surface area contributed by atoms with Gasteiger partial charge in [0.25, 0.3) is 0 Å². The molecule has 7 heteroatoms. The lowest BCUT2D eigenvalue weighted by atomic mass is 10.2. The van der Waals surface area contributed by atoms with Crippen LogP contribution in [0.15, 0.2) is 40.0 Å². The molecule has 0 unspecified atom stereocenters. The number of carbonyl (C=O) groups is 1. The van der Waals surface area contributed by atoms with Gasteiger partial charge in [0.05, 0.1) is 24.3 Å². The third-order valence-corrected chi connectivity index (χ3v) is 4.59. The van der Waals surface area contributed by atoms with Crippen LogP contribution in [-0.4, -0.2) is 30.3 Å². The molecule has 0 amide bonds. The summed E-state index contributed by atoms with van der Waals surface area (Å²) in [5.41, 5.74) is 1.11. The Morgan fingerprint density at radius 3 is 2.68 bits per heavy atom. The molecule has 2 aromatic rings. The van der Waals surface area contributed by atoms with Gasteiger partial charge in [-0.2, -0.15) is 0 Å². The normalized spacial score (nSPS) is 10.3. The molecule has 0 fully saturated rings. The molecule has 1 aromatic carbocycles. The highest BCUT2D eigenvalue weighted by atomic mass is 79.9. The first-order valence-electron chi connectivity index (χ1n) is 6.28. The Balaban J connectivity index is 2.25. The maximum Gasteiger partial charge on any atom is 0.338 e. The van der Waals surface area contributed by atoms with Gasteiger partial charge in [0.1, 0.15) is 16.5 Å². The fraction of sp³-hybridized carbons (Fsp3) is 0.200. The Hall–Kier alpha value is -1.73. The average molecular weight is 384 g/mol. The predicted octanol–water partition coefficient (Wildman–Crippen LogP) is 3.85. The molecule has 1 N–H and O–H groups in total. The van der Waals surface area contributed by atoms with Gasteiger partial charge in [-0.15, -0.1) is 11.8 Å². The maximum absolute atomic E-state index is 11.2. The van der Waals surface area contributed by atoms with E-state index in [0.717, 1.165) is 10.0 Å². The summed E-state index contributed by atoms with van der Waals surface area (Å²) in [6.45, 7) is 0. The number of halogens is 1. The first-order chi connectivity index (χ1) is 10.6. The highest BCUT2D eigenvalue weighted by Gasteiger charge is 2.14. The Kier molecular flexibility index (Phi) is 5.68. The number of carboxylic acids is 1. The second-order valence-electron chi connectivity index (χ2n) is 4.25. The van der Waals surface area contributed by atoms with Gasteiger partial charge >= 0.3 is 5.97 Å². The van der Waals surface area contributed by atoms with Crippen molar-refractivity contribution >= 4 is 33.7 Å². The largest absolute Gasteiger partial charge is 0.496 e. The second-order valence-corrected chi connectivity index (χ2v) is 6.07. The third-order valence-electron chi connectivity index (χ3n) is 2.92. The number of rotatable bonds is 6. The molecule has 0 saturated heterocycles. The number of ether oxygens (including phenoxy) is 2. The standard InChI is InChI=1S/C15H14BrNO4S/c1-20-12-7-13(21-2)11(16)6-9(12)8-22-14-10(15(18)19)4-3-5-17-14/h3-7H,8H2,1-2H3,(H,18,19). The number of hydrogen-bond donors (Lipinski definition) is 1. The monoisotopic (exact) mass is 383 g/mol. The van der Waals surface area contributed by atoms with Gasteiger partial charge in [-0.3, -0.25) is 0 Å². The SMILES string of the molecule is COc1cc(OC)c(CSc2ncccc2C(=O)O)cc1Br. The molecule has 5 nitrogen and oxygen atoms in total. The van der Waals surface area contributed by atoms with E-state index in [0.29, 0.717) is 22.3 Å². The summed E-state index contributed by atoms with van der Waals surface area (Å²) in [5.74, 6) is 0.900. The van der Waals surface area contributed by atoms with Crippen molar-refractivity contribution in [1.82, 2.24) is 4.98 Å². The van der Waals surface area contributed by atoms with Crippen LogP contribution in [0.3, 0.4) is 0 Å². The van der Waals surface area contributed by atoms with Gasteiger partial charge in [0, 0.05) is 23.6 Å². The minimum Gasteiger partial charge on any atom is -0.496 e. The summed E-state index contributed by atoms with van der Waals surface area (Å²) in [7, 11) is 3.17. The van der Waals surface area contributed by atoms with E-state index in [1.54, 1.807) is 38.6 Å². The van der Waals surface area contributed by atoms with Gasteiger partial charge in [0.2, 0.25) is 0 Å². The average Bonchev–Trinajstić information content (AvgIpc) is 2.53. The molecular weight excluding hydrogens is 370 g/mol. The number of nitrogens with zero attached hydrogens (tertiary/aromatic N) is 1. The maximum atomic E-state index is 11.2. The molecule has 2 rings (SSSR count). The highest BCUT2D eigenvalue weighted by Crippen LogP contribution is 2.36. The molecule has 1 heterocycles. The minimum atomic E-state index is -0.988. The zero-order valence-electron chi connectivity index (χ0n) is 12.0. The van der Waals surface area contributed by atoms with Crippen molar-refractivity contribution < 1.29 is 19.4 Å². The van der Waals surface area contributed by atoms with Crippen molar-refractivity contribution in [3.8, 4) is 11.5 Å². The van der Waals surface area contributed by atoms with Crippen LogP contribution >= 0.6 is 27.7 Å². The molecule has 0 radical (unpaired) electrons. The van der Waals surface area contributed by atoms with Crippen molar-refractivity contribution in [3.63, 3.8) is 0 Å². The zero-order chi connectivity index (χ0) is 16.1. The Morgan fingerprint density at radius 2 is 2.05 bits per heavy atom. The number of thioether (sulfide) groups is 1. The molecule has 0 atom stereocenters. The zero-order valence-corrected chi connectivity index (χ0v) is 14.4. The summed E-state index contributed by atoms with van der Waals surface area (Å²) in [4.78, 5) is 15.3. The lowest BCUT2D eigenvalue weighted by molar-refractivity contribution is 0.0692. The lowest BCUT2D eigenvalue weighted by Gasteiger charge is -2.12. The molecule has 1 aromatic heterocycles. The topological polar surface area (TPSA) is 68.7 Å². The first kappa shape index (κ1) is 16.6. The van der Waals surface area contributed by atoms with E-state index in [-0.39, 0.29) is 5.56 Å². The van der Waals surface area contributed by atoms with Crippen molar-refractivity contribution in [2.45, 2.75) is 10.8 Å². The van der Waals surface area contributed by atoms with Crippen LogP contribution in [0.1, 0.15) is 15.9 Å². The smallest absolute Gasteiger partial charge is 0.338 e. The molecule has 116 valence electrons. The minimum absolute atomic E-state index is 0.194. The quantitative estimate of drug-likeness (QED) is 0.763. The summed E-state index contributed by atoms with van der Waals surface area (Å²) in [6.07, 6.45) is 1.58.